The maximum absolute atomic E-state index is 13.6. The average Bonchev–Trinajstić information content (AvgIpc) is 3.43. The van der Waals surface area contributed by atoms with Gasteiger partial charge < -0.3 is 9.47 Å². The van der Waals surface area contributed by atoms with Gasteiger partial charge in [-0.25, -0.2) is 0 Å². The Bertz CT molecular complexity index is 1060. The molecule has 7 aliphatic rings. The second-order valence-electron chi connectivity index (χ2n) is 15.2. The number of hydrogen-bond donors (Lipinski definition) is 0. The van der Waals surface area contributed by atoms with Crippen LogP contribution in [0.4, 0.5) is 0 Å². The lowest BCUT2D eigenvalue weighted by atomic mass is 9.28. The summed E-state index contributed by atoms with van der Waals surface area (Å²) in [7, 11) is 0. The SMILES string of the molecule is CC(=O)OC1CCC2(C)C3CCC4(C)C(C(C)/C=C/C(C)C(C)C)CCC4C34C=CC2(C1)C1C(=O)OCC14. The van der Waals surface area contributed by atoms with Crippen molar-refractivity contribution < 1.29 is 19.1 Å². The topological polar surface area (TPSA) is 52.6 Å². The summed E-state index contributed by atoms with van der Waals surface area (Å²) in [6, 6.07) is 0. The van der Waals surface area contributed by atoms with E-state index >= 15 is 0 Å². The van der Waals surface area contributed by atoms with E-state index in [0.29, 0.717) is 42.1 Å². The van der Waals surface area contributed by atoms with Crippen molar-refractivity contribution in [1.29, 1.82) is 0 Å². The Kier molecular flexibility index (Phi) is 6.10. The van der Waals surface area contributed by atoms with E-state index in [-0.39, 0.29) is 51.5 Å². The van der Waals surface area contributed by atoms with Crippen LogP contribution in [0.25, 0.3) is 0 Å². The van der Waals surface area contributed by atoms with Crippen molar-refractivity contribution in [3.8, 4) is 0 Å². The highest BCUT2D eigenvalue weighted by Gasteiger charge is 2.79. The largest absolute Gasteiger partial charge is 0.465 e. The van der Waals surface area contributed by atoms with Gasteiger partial charge in [-0.15, -0.1) is 0 Å². The minimum atomic E-state index is -0.259. The van der Waals surface area contributed by atoms with Crippen molar-refractivity contribution >= 4 is 11.9 Å². The van der Waals surface area contributed by atoms with Gasteiger partial charge in [-0.2, -0.15) is 0 Å². The summed E-state index contributed by atoms with van der Waals surface area (Å²) in [4.78, 5) is 25.5. The van der Waals surface area contributed by atoms with Crippen molar-refractivity contribution in [2.24, 2.45) is 69.0 Å². The Balaban J connectivity index is 1.39. The van der Waals surface area contributed by atoms with Crippen LogP contribution in [0.2, 0.25) is 0 Å². The van der Waals surface area contributed by atoms with Crippen molar-refractivity contribution in [2.45, 2.75) is 99.5 Å². The Morgan fingerprint density at radius 2 is 1.79 bits per heavy atom. The zero-order valence-electron chi connectivity index (χ0n) is 24.8. The molecule has 0 aromatic carbocycles. The molecule has 0 radical (unpaired) electrons. The van der Waals surface area contributed by atoms with Gasteiger partial charge in [0.2, 0.25) is 0 Å². The van der Waals surface area contributed by atoms with Crippen molar-refractivity contribution in [1.82, 2.24) is 0 Å². The molecule has 6 aliphatic carbocycles. The molecule has 38 heavy (non-hydrogen) atoms. The van der Waals surface area contributed by atoms with Gasteiger partial charge in [0, 0.05) is 23.7 Å². The fourth-order valence-electron chi connectivity index (χ4n) is 11.6. The molecule has 5 fully saturated rings. The lowest BCUT2D eigenvalue weighted by molar-refractivity contribution is -0.244. The standard InChI is InChI=1S/C34H50O4/c1-20(2)21(3)8-9-22(4)25-10-11-27-31(25,6)14-13-28-32(7)15-12-24(38-23(5)35)18-33(32)16-17-34(27,28)26-19-37-30(36)29(26)33/h8-9,16-17,20-22,24-29H,10-15,18-19H2,1-7H3/b9-8+. The second kappa shape index (κ2) is 8.71. The molecule has 1 saturated heterocycles. The first kappa shape index (κ1) is 26.6. The highest BCUT2D eigenvalue weighted by atomic mass is 16.5. The summed E-state index contributed by atoms with van der Waals surface area (Å²) < 4.78 is 11.8. The molecule has 12 atom stereocenters. The molecule has 1 heterocycles. The smallest absolute Gasteiger partial charge is 0.310 e. The molecule has 4 heteroatoms. The first-order valence-corrected chi connectivity index (χ1v) is 15.6. The van der Waals surface area contributed by atoms with Crippen LogP contribution >= 0.6 is 0 Å². The number of allylic oxidation sites excluding steroid dienone is 4. The zero-order chi connectivity index (χ0) is 27.3. The van der Waals surface area contributed by atoms with Crippen LogP contribution in [0.1, 0.15) is 93.4 Å². The second-order valence-corrected chi connectivity index (χ2v) is 15.2. The van der Waals surface area contributed by atoms with Crippen LogP contribution in [0, 0.1) is 69.0 Å². The van der Waals surface area contributed by atoms with Gasteiger partial charge in [0.25, 0.3) is 0 Å². The Labute approximate surface area is 230 Å². The molecule has 0 amide bonds. The van der Waals surface area contributed by atoms with E-state index in [1.54, 1.807) is 0 Å². The predicted octanol–water partition coefficient (Wildman–Crippen LogP) is 7.38. The van der Waals surface area contributed by atoms with Crippen LogP contribution in [0.15, 0.2) is 24.3 Å². The molecule has 210 valence electrons. The van der Waals surface area contributed by atoms with E-state index in [1.165, 1.54) is 32.6 Å². The maximum Gasteiger partial charge on any atom is 0.310 e. The zero-order valence-corrected chi connectivity index (χ0v) is 24.8. The van der Waals surface area contributed by atoms with Crippen LogP contribution in [-0.2, 0) is 19.1 Å². The van der Waals surface area contributed by atoms with Gasteiger partial charge >= 0.3 is 11.9 Å². The molecular weight excluding hydrogens is 472 g/mol. The fourth-order valence-corrected chi connectivity index (χ4v) is 11.6. The molecular formula is C34H50O4. The summed E-state index contributed by atoms with van der Waals surface area (Å²) >= 11 is 0. The molecule has 2 bridgehead atoms. The third-order valence-electron chi connectivity index (χ3n) is 13.6. The van der Waals surface area contributed by atoms with Gasteiger partial charge in [0.05, 0.1) is 12.5 Å². The molecule has 12 unspecified atom stereocenters. The number of rotatable bonds is 5. The van der Waals surface area contributed by atoms with Crippen LogP contribution in [0.3, 0.4) is 0 Å². The van der Waals surface area contributed by atoms with Crippen LogP contribution in [-0.4, -0.2) is 24.6 Å². The van der Waals surface area contributed by atoms with E-state index in [0.717, 1.165) is 19.3 Å². The van der Waals surface area contributed by atoms with E-state index in [1.807, 2.05) is 0 Å². The summed E-state index contributed by atoms with van der Waals surface area (Å²) in [5, 5.41) is 0. The Hall–Kier alpha value is -1.58. The third kappa shape index (κ3) is 3.27. The molecule has 4 nitrogen and oxygen atoms in total. The summed E-state index contributed by atoms with van der Waals surface area (Å²) in [5.74, 6) is 3.65. The van der Waals surface area contributed by atoms with E-state index in [9.17, 15) is 9.59 Å². The third-order valence-corrected chi connectivity index (χ3v) is 13.6. The minimum absolute atomic E-state index is 0.00710. The summed E-state index contributed by atoms with van der Waals surface area (Å²) in [6.45, 7) is 16.6. The van der Waals surface area contributed by atoms with Gasteiger partial charge in [-0.1, -0.05) is 65.8 Å². The Morgan fingerprint density at radius 3 is 2.50 bits per heavy atom. The number of cyclic esters (lactones) is 1. The number of carbonyl (C=O) groups is 2. The quantitative estimate of drug-likeness (QED) is 0.279. The number of ether oxygens (including phenoxy) is 2. The molecule has 0 N–H and O–H groups in total. The number of esters is 2. The first-order chi connectivity index (χ1) is 17.9. The molecule has 0 aromatic heterocycles. The van der Waals surface area contributed by atoms with Gasteiger partial charge in [0.15, 0.2) is 0 Å². The fraction of sp³-hybridized carbons (Fsp3) is 0.824. The molecule has 4 saturated carbocycles. The van der Waals surface area contributed by atoms with Crippen LogP contribution in [0.5, 0.6) is 0 Å². The molecule has 2 spiro atoms. The first-order valence-electron chi connectivity index (χ1n) is 15.6. The van der Waals surface area contributed by atoms with Crippen molar-refractivity contribution in [3.05, 3.63) is 24.3 Å². The maximum atomic E-state index is 13.6. The van der Waals surface area contributed by atoms with Gasteiger partial charge in [0.1, 0.15) is 6.10 Å². The molecule has 0 aromatic rings. The molecule has 1 aliphatic heterocycles. The van der Waals surface area contributed by atoms with Gasteiger partial charge in [-0.3, -0.25) is 9.59 Å². The highest BCUT2D eigenvalue weighted by molar-refractivity contribution is 5.78. The van der Waals surface area contributed by atoms with Crippen LogP contribution < -0.4 is 0 Å². The van der Waals surface area contributed by atoms with E-state index in [2.05, 4.69) is 65.8 Å². The number of fused-ring (bicyclic) bond motifs is 1. The molecule has 7 rings (SSSR count). The lowest BCUT2D eigenvalue weighted by Crippen LogP contribution is -2.72. The number of hydrogen-bond acceptors (Lipinski definition) is 4. The average molecular weight is 523 g/mol. The minimum Gasteiger partial charge on any atom is -0.465 e. The van der Waals surface area contributed by atoms with Gasteiger partial charge in [-0.05, 0) is 91.3 Å². The lowest BCUT2D eigenvalue weighted by Gasteiger charge is -2.75. The normalized spacial score (nSPS) is 50.3. The summed E-state index contributed by atoms with van der Waals surface area (Å²) in [6.07, 6.45) is 17.7. The van der Waals surface area contributed by atoms with E-state index in [4.69, 9.17) is 9.47 Å². The van der Waals surface area contributed by atoms with E-state index < -0.39 is 0 Å². The van der Waals surface area contributed by atoms with Crippen molar-refractivity contribution in [2.75, 3.05) is 6.61 Å². The number of carbonyl (C=O) groups excluding carboxylic acids is 2. The summed E-state index contributed by atoms with van der Waals surface area (Å²) in [5.41, 5.74) is 0.105. The monoisotopic (exact) mass is 522 g/mol. The predicted molar refractivity (Wildman–Crippen MR) is 149 cm³/mol. The van der Waals surface area contributed by atoms with Crippen molar-refractivity contribution in [3.63, 3.8) is 0 Å². The Morgan fingerprint density at radius 1 is 1.03 bits per heavy atom. The highest BCUT2D eigenvalue weighted by Crippen LogP contribution is 2.82.